The van der Waals surface area contributed by atoms with Gasteiger partial charge in [0.25, 0.3) is 5.89 Å². The van der Waals surface area contributed by atoms with E-state index in [1.54, 1.807) is 6.92 Å². The third-order valence-corrected chi connectivity index (χ3v) is 4.73. The largest absolute Gasteiger partial charge is 0.421 e. The van der Waals surface area contributed by atoms with Crippen molar-refractivity contribution < 1.29 is 13.7 Å². The molecule has 2 aromatic carbocycles. The first-order valence-corrected chi connectivity index (χ1v) is 10.2. The molecule has 0 spiro atoms. The normalized spacial score (nSPS) is 10.9. The number of anilines is 1. The van der Waals surface area contributed by atoms with Crippen molar-refractivity contribution in [2.75, 3.05) is 5.32 Å². The maximum absolute atomic E-state index is 12.4. The Kier molecular flexibility index (Phi) is 6.16. The molecule has 31 heavy (non-hydrogen) atoms. The van der Waals surface area contributed by atoms with Gasteiger partial charge in [0.1, 0.15) is 0 Å². The van der Waals surface area contributed by atoms with Gasteiger partial charge in [0.05, 0.1) is 6.42 Å². The number of hydrogen-bond acceptors (Lipinski definition) is 7. The number of aryl methyl sites for hydroxylation is 2. The lowest BCUT2D eigenvalue weighted by atomic mass is 10.1. The zero-order chi connectivity index (χ0) is 21.6. The lowest BCUT2D eigenvalue weighted by Crippen LogP contribution is -2.15. The molecule has 4 aromatic rings. The van der Waals surface area contributed by atoms with E-state index in [-0.39, 0.29) is 12.3 Å². The summed E-state index contributed by atoms with van der Waals surface area (Å²) in [7, 11) is 0. The predicted octanol–water partition coefficient (Wildman–Crippen LogP) is 4.62. The quantitative estimate of drug-likeness (QED) is 0.446. The summed E-state index contributed by atoms with van der Waals surface area (Å²) in [5.74, 6) is 1.33. The van der Waals surface area contributed by atoms with Crippen molar-refractivity contribution in [1.82, 2.24) is 20.3 Å². The molecule has 2 heterocycles. The molecule has 0 aliphatic carbocycles. The highest BCUT2D eigenvalue weighted by atomic mass is 16.5. The van der Waals surface area contributed by atoms with E-state index < -0.39 is 0 Å². The number of hydrogen-bond donors (Lipinski definition) is 1. The van der Waals surface area contributed by atoms with Crippen LogP contribution in [0.25, 0.3) is 22.9 Å². The standard InChI is InChI=1S/C23H23N5O3/c1-3-4-6-16-9-11-19(12-10-16)24-21(29)14-20-25-22(31-28-20)17-7-5-8-18(13-17)23-27-26-15(2)30-23/h5,7-13H,3-4,6,14H2,1-2H3,(H,24,29). The van der Waals surface area contributed by atoms with Gasteiger partial charge < -0.3 is 14.3 Å². The van der Waals surface area contributed by atoms with Gasteiger partial charge in [-0.2, -0.15) is 4.98 Å². The Balaban J connectivity index is 1.39. The van der Waals surface area contributed by atoms with E-state index in [0.717, 1.165) is 30.5 Å². The van der Waals surface area contributed by atoms with Crippen LogP contribution in [0, 0.1) is 6.92 Å². The van der Waals surface area contributed by atoms with Crippen LogP contribution >= 0.6 is 0 Å². The smallest absolute Gasteiger partial charge is 0.257 e. The molecule has 1 amide bonds. The molecule has 0 bridgehead atoms. The third kappa shape index (κ3) is 5.22. The number of amides is 1. The van der Waals surface area contributed by atoms with Crippen LogP contribution in [0.3, 0.4) is 0 Å². The molecule has 8 heteroatoms. The molecule has 1 N–H and O–H groups in total. The SMILES string of the molecule is CCCCc1ccc(NC(=O)Cc2noc(-c3cccc(-c4nnc(C)o4)c3)n2)cc1. The van der Waals surface area contributed by atoms with Crippen molar-refractivity contribution in [3.63, 3.8) is 0 Å². The molecule has 0 saturated heterocycles. The van der Waals surface area contributed by atoms with E-state index in [0.29, 0.717) is 29.1 Å². The Bertz CT molecular complexity index is 1160. The van der Waals surface area contributed by atoms with Crippen LogP contribution in [-0.4, -0.2) is 26.2 Å². The van der Waals surface area contributed by atoms with Crippen LogP contribution < -0.4 is 5.32 Å². The van der Waals surface area contributed by atoms with Crippen LogP contribution in [0.2, 0.25) is 0 Å². The Morgan fingerprint density at radius 3 is 2.52 bits per heavy atom. The first-order valence-electron chi connectivity index (χ1n) is 10.2. The van der Waals surface area contributed by atoms with Gasteiger partial charge in [-0.05, 0) is 48.7 Å². The monoisotopic (exact) mass is 417 g/mol. The molecular formula is C23H23N5O3. The summed E-state index contributed by atoms with van der Waals surface area (Å²) in [6, 6.07) is 15.3. The molecule has 8 nitrogen and oxygen atoms in total. The van der Waals surface area contributed by atoms with Crippen molar-refractivity contribution in [1.29, 1.82) is 0 Å². The van der Waals surface area contributed by atoms with Crippen molar-refractivity contribution in [3.05, 3.63) is 65.8 Å². The van der Waals surface area contributed by atoms with Crippen LogP contribution in [0.1, 0.15) is 37.0 Å². The average molecular weight is 417 g/mol. The van der Waals surface area contributed by atoms with Gasteiger partial charge in [0.2, 0.25) is 17.7 Å². The fraction of sp³-hybridized carbons (Fsp3) is 0.261. The lowest BCUT2D eigenvalue weighted by molar-refractivity contribution is -0.115. The molecule has 0 radical (unpaired) electrons. The second kappa shape index (κ2) is 9.34. The summed E-state index contributed by atoms with van der Waals surface area (Å²) in [5, 5.41) is 14.7. The molecule has 158 valence electrons. The first-order chi connectivity index (χ1) is 15.1. The molecule has 0 atom stereocenters. The zero-order valence-corrected chi connectivity index (χ0v) is 17.5. The second-order valence-corrected chi connectivity index (χ2v) is 7.25. The van der Waals surface area contributed by atoms with E-state index in [2.05, 4.69) is 32.6 Å². The number of unbranched alkanes of at least 4 members (excludes halogenated alkanes) is 1. The number of nitrogens with one attached hydrogen (secondary N) is 1. The van der Waals surface area contributed by atoms with E-state index >= 15 is 0 Å². The third-order valence-electron chi connectivity index (χ3n) is 4.73. The van der Waals surface area contributed by atoms with Gasteiger partial charge in [0, 0.05) is 23.7 Å². The molecule has 0 unspecified atom stereocenters. The second-order valence-electron chi connectivity index (χ2n) is 7.25. The summed E-state index contributed by atoms with van der Waals surface area (Å²) < 4.78 is 10.8. The number of aromatic nitrogens is 4. The molecule has 0 fully saturated rings. The highest BCUT2D eigenvalue weighted by Gasteiger charge is 2.14. The number of rotatable bonds is 8. The van der Waals surface area contributed by atoms with Gasteiger partial charge in [-0.25, -0.2) is 0 Å². The minimum atomic E-state index is -0.205. The highest BCUT2D eigenvalue weighted by Crippen LogP contribution is 2.24. The van der Waals surface area contributed by atoms with E-state index in [9.17, 15) is 4.79 Å². The molecule has 0 aliphatic heterocycles. The number of carbonyl (C=O) groups excluding carboxylic acids is 1. The highest BCUT2D eigenvalue weighted by molar-refractivity contribution is 5.91. The van der Waals surface area contributed by atoms with Crippen LogP contribution in [0.15, 0.2) is 57.5 Å². The fourth-order valence-corrected chi connectivity index (χ4v) is 3.13. The summed E-state index contributed by atoms with van der Waals surface area (Å²) in [4.78, 5) is 16.7. The van der Waals surface area contributed by atoms with E-state index in [1.165, 1.54) is 5.56 Å². The summed E-state index contributed by atoms with van der Waals surface area (Å²) in [6.07, 6.45) is 3.38. The number of nitrogens with zero attached hydrogens (tertiary/aromatic N) is 4. The molecule has 0 aliphatic rings. The van der Waals surface area contributed by atoms with E-state index in [4.69, 9.17) is 8.94 Å². The lowest BCUT2D eigenvalue weighted by Gasteiger charge is -2.05. The van der Waals surface area contributed by atoms with Gasteiger partial charge in [-0.15, -0.1) is 10.2 Å². The van der Waals surface area contributed by atoms with Gasteiger partial charge >= 0.3 is 0 Å². The Morgan fingerprint density at radius 2 is 1.81 bits per heavy atom. The van der Waals surface area contributed by atoms with Gasteiger partial charge in [-0.1, -0.05) is 36.7 Å². The molecule has 4 rings (SSSR count). The predicted molar refractivity (Wildman–Crippen MR) is 115 cm³/mol. The minimum Gasteiger partial charge on any atom is -0.421 e. The Labute approximate surface area is 179 Å². The number of benzene rings is 2. The molecular weight excluding hydrogens is 394 g/mol. The van der Waals surface area contributed by atoms with Crippen LogP contribution in [0.4, 0.5) is 5.69 Å². The van der Waals surface area contributed by atoms with E-state index in [1.807, 2.05) is 48.5 Å². The van der Waals surface area contributed by atoms with Crippen molar-refractivity contribution in [2.24, 2.45) is 0 Å². The topological polar surface area (TPSA) is 107 Å². The van der Waals surface area contributed by atoms with Crippen LogP contribution in [-0.2, 0) is 17.6 Å². The number of carbonyl (C=O) groups is 1. The summed E-state index contributed by atoms with van der Waals surface area (Å²) in [5.41, 5.74) is 3.46. The van der Waals surface area contributed by atoms with Crippen molar-refractivity contribution in [3.8, 4) is 22.9 Å². The van der Waals surface area contributed by atoms with Crippen molar-refractivity contribution in [2.45, 2.75) is 39.5 Å². The first kappa shape index (κ1) is 20.5. The summed E-state index contributed by atoms with van der Waals surface area (Å²) in [6.45, 7) is 3.90. The molecule has 0 saturated carbocycles. The van der Waals surface area contributed by atoms with Gasteiger partial charge in [-0.3, -0.25) is 4.79 Å². The molecule has 2 aromatic heterocycles. The maximum atomic E-state index is 12.4. The average Bonchev–Trinajstić information content (AvgIpc) is 3.42. The Hall–Kier alpha value is -3.81. The minimum absolute atomic E-state index is 0.0175. The fourth-order valence-electron chi connectivity index (χ4n) is 3.13. The Morgan fingerprint density at radius 1 is 1.03 bits per heavy atom. The van der Waals surface area contributed by atoms with Gasteiger partial charge in [0.15, 0.2) is 5.82 Å². The zero-order valence-electron chi connectivity index (χ0n) is 17.5. The van der Waals surface area contributed by atoms with Crippen molar-refractivity contribution >= 4 is 11.6 Å². The van der Waals surface area contributed by atoms with Crippen LogP contribution in [0.5, 0.6) is 0 Å². The maximum Gasteiger partial charge on any atom is 0.257 e. The summed E-state index contributed by atoms with van der Waals surface area (Å²) >= 11 is 0.